The maximum atomic E-state index is 6.18. The van der Waals surface area contributed by atoms with Crippen LogP contribution in [0.5, 0.6) is 11.5 Å². The molecule has 4 rings (SSSR count). The highest BCUT2D eigenvalue weighted by Gasteiger charge is 2.16. The number of anilines is 1. The second kappa shape index (κ2) is 15.0. The van der Waals surface area contributed by atoms with E-state index in [1.165, 1.54) is 36.2 Å². The van der Waals surface area contributed by atoms with E-state index >= 15 is 0 Å². The van der Waals surface area contributed by atoms with Gasteiger partial charge in [-0.15, -0.1) is 12.4 Å². The summed E-state index contributed by atoms with van der Waals surface area (Å²) in [6, 6.07) is 24.9. The Hall–Kier alpha value is -2.40. The first-order valence-corrected chi connectivity index (χ1v) is 13.2. The molecule has 4 nitrogen and oxygen atoms in total. The van der Waals surface area contributed by atoms with Gasteiger partial charge in [-0.1, -0.05) is 48.0 Å². The lowest BCUT2D eigenvalue weighted by Crippen LogP contribution is -2.46. The van der Waals surface area contributed by atoms with Gasteiger partial charge in [-0.2, -0.15) is 0 Å². The maximum Gasteiger partial charge on any atom is 0.122 e. The third-order valence-electron chi connectivity index (χ3n) is 6.71. The molecule has 0 amide bonds. The molecule has 0 spiro atoms. The normalized spacial score (nSPS) is 13.8. The summed E-state index contributed by atoms with van der Waals surface area (Å²) in [7, 11) is 1.71. The van der Waals surface area contributed by atoms with E-state index in [0.717, 1.165) is 68.6 Å². The number of halogens is 2. The minimum atomic E-state index is 0. The van der Waals surface area contributed by atoms with Gasteiger partial charge in [0.1, 0.15) is 11.5 Å². The van der Waals surface area contributed by atoms with Crippen LogP contribution in [0, 0.1) is 0 Å². The number of methoxy groups -OCH3 is 1. The first kappa shape index (κ1) is 28.2. The minimum absolute atomic E-state index is 0. The number of aryl methyl sites for hydroxylation is 2. The van der Waals surface area contributed by atoms with E-state index in [1.54, 1.807) is 7.11 Å². The van der Waals surface area contributed by atoms with Crippen molar-refractivity contribution in [3.63, 3.8) is 0 Å². The predicted molar refractivity (Wildman–Crippen MR) is 154 cm³/mol. The molecule has 1 heterocycles. The van der Waals surface area contributed by atoms with E-state index in [4.69, 9.17) is 21.1 Å². The molecule has 0 radical (unpaired) electrons. The summed E-state index contributed by atoms with van der Waals surface area (Å²) in [6.07, 6.45) is 5.44. The second-order valence-corrected chi connectivity index (χ2v) is 9.61. The van der Waals surface area contributed by atoms with Crippen molar-refractivity contribution < 1.29 is 9.47 Å². The zero-order chi connectivity index (χ0) is 24.3. The van der Waals surface area contributed by atoms with Crippen molar-refractivity contribution in [3.8, 4) is 11.5 Å². The Morgan fingerprint density at radius 1 is 0.806 bits per heavy atom. The molecule has 0 aliphatic carbocycles. The van der Waals surface area contributed by atoms with Gasteiger partial charge in [-0.25, -0.2) is 0 Å². The van der Waals surface area contributed by atoms with E-state index < -0.39 is 0 Å². The van der Waals surface area contributed by atoms with Gasteiger partial charge in [0.05, 0.1) is 13.7 Å². The van der Waals surface area contributed by atoms with Gasteiger partial charge in [0.25, 0.3) is 0 Å². The van der Waals surface area contributed by atoms with Gasteiger partial charge < -0.3 is 14.4 Å². The molecule has 36 heavy (non-hydrogen) atoms. The summed E-state index contributed by atoms with van der Waals surface area (Å²) < 4.78 is 11.5. The summed E-state index contributed by atoms with van der Waals surface area (Å²) in [6.45, 7) is 6.30. The van der Waals surface area contributed by atoms with Crippen molar-refractivity contribution >= 4 is 29.7 Å². The molecule has 0 N–H and O–H groups in total. The van der Waals surface area contributed by atoms with E-state index in [9.17, 15) is 0 Å². The first-order chi connectivity index (χ1) is 17.2. The topological polar surface area (TPSA) is 24.9 Å². The summed E-state index contributed by atoms with van der Waals surface area (Å²) in [5.41, 5.74) is 3.79. The number of unbranched alkanes of at least 4 members (excludes halogenated alkanes) is 2. The van der Waals surface area contributed by atoms with Crippen LogP contribution in [0.1, 0.15) is 30.4 Å². The highest BCUT2D eigenvalue weighted by molar-refractivity contribution is 6.30. The van der Waals surface area contributed by atoms with E-state index in [2.05, 4.69) is 64.4 Å². The molecule has 1 fully saturated rings. The Morgan fingerprint density at radius 3 is 2.42 bits per heavy atom. The van der Waals surface area contributed by atoms with Gasteiger partial charge in [0.2, 0.25) is 0 Å². The Balaban J connectivity index is 0.00000361. The fraction of sp³-hybridized carbons (Fsp3) is 0.400. The molecule has 3 aromatic carbocycles. The third kappa shape index (κ3) is 8.62. The number of nitrogens with zero attached hydrogens (tertiary/aromatic N) is 2. The van der Waals surface area contributed by atoms with Crippen molar-refractivity contribution in [2.75, 3.05) is 51.3 Å². The standard InChI is InChI=1S/C30H37ClN2O2.ClH/c1-34-29-13-7-9-25(23-29)15-16-26-10-3-4-14-30(26)35-22-6-2-5-17-32-18-20-33(21-19-32)28-12-8-11-27(31)24-28;/h3-4,7-14,23-24H,2,5-6,15-22H2,1H3;1H. The molecule has 1 saturated heterocycles. The summed E-state index contributed by atoms with van der Waals surface area (Å²) in [5, 5.41) is 0.812. The number of hydrogen-bond donors (Lipinski definition) is 0. The molecule has 1 aliphatic heterocycles. The molecule has 6 heteroatoms. The van der Waals surface area contributed by atoms with Gasteiger partial charge in [-0.3, -0.25) is 4.90 Å². The van der Waals surface area contributed by atoms with Gasteiger partial charge in [-0.05, 0) is 86.2 Å². The maximum absolute atomic E-state index is 6.18. The van der Waals surface area contributed by atoms with Crippen molar-refractivity contribution in [1.82, 2.24) is 4.90 Å². The van der Waals surface area contributed by atoms with Crippen LogP contribution in [0.3, 0.4) is 0 Å². The third-order valence-corrected chi connectivity index (χ3v) is 6.95. The minimum Gasteiger partial charge on any atom is -0.497 e. The van der Waals surface area contributed by atoms with Crippen LogP contribution in [0.15, 0.2) is 72.8 Å². The van der Waals surface area contributed by atoms with Crippen LogP contribution < -0.4 is 14.4 Å². The summed E-state index contributed by atoms with van der Waals surface area (Å²) >= 11 is 6.15. The number of rotatable bonds is 12. The lowest BCUT2D eigenvalue weighted by atomic mass is 10.0. The zero-order valence-electron chi connectivity index (χ0n) is 21.2. The number of piperazine rings is 1. The summed E-state index contributed by atoms with van der Waals surface area (Å²) in [4.78, 5) is 5.01. The summed E-state index contributed by atoms with van der Waals surface area (Å²) in [5.74, 6) is 1.93. The van der Waals surface area contributed by atoms with Gasteiger partial charge >= 0.3 is 0 Å². The van der Waals surface area contributed by atoms with Crippen LogP contribution in [0.2, 0.25) is 5.02 Å². The number of para-hydroxylation sites is 1. The van der Waals surface area contributed by atoms with Crippen molar-refractivity contribution in [1.29, 1.82) is 0 Å². The monoisotopic (exact) mass is 528 g/mol. The largest absolute Gasteiger partial charge is 0.497 e. The highest BCUT2D eigenvalue weighted by atomic mass is 35.5. The van der Waals surface area contributed by atoms with Crippen LogP contribution >= 0.6 is 24.0 Å². The van der Waals surface area contributed by atoms with Crippen LogP contribution in [-0.2, 0) is 12.8 Å². The van der Waals surface area contributed by atoms with Gasteiger partial charge in [0.15, 0.2) is 0 Å². The predicted octanol–water partition coefficient (Wildman–Crippen LogP) is 6.93. The Morgan fingerprint density at radius 2 is 1.61 bits per heavy atom. The molecule has 0 aromatic heterocycles. The molecular weight excluding hydrogens is 491 g/mol. The molecular formula is C30H38Cl2N2O2. The fourth-order valence-electron chi connectivity index (χ4n) is 4.66. The van der Waals surface area contributed by atoms with Crippen LogP contribution in [-0.4, -0.2) is 51.3 Å². The van der Waals surface area contributed by atoms with Crippen molar-refractivity contribution in [2.24, 2.45) is 0 Å². The van der Waals surface area contributed by atoms with Crippen LogP contribution in [0.25, 0.3) is 0 Å². The average Bonchev–Trinajstić information content (AvgIpc) is 2.90. The number of ether oxygens (including phenoxy) is 2. The van der Waals surface area contributed by atoms with Crippen LogP contribution in [0.4, 0.5) is 5.69 Å². The SMILES string of the molecule is COc1cccc(CCc2ccccc2OCCCCCN2CCN(c3cccc(Cl)c3)CC2)c1.Cl. The Kier molecular flexibility index (Phi) is 11.7. The lowest BCUT2D eigenvalue weighted by molar-refractivity contribution is 0.245. The first-order valence-electron chi connectivity index (χ1n) is 12.8. The molecule has 3 aromatic rings. The Bertz CT molecular complexity index is 1050. The highest BCUT2D eigenvalue weighted by Crippen LogP contribution is 2.23. The molecule has 194 valence electrons. The second-order valence-electron chi connectivity index (χ2n) is 9.18. The van der Waals surface area contributed by atoms with E-state index in [0.29, 0.717) is 0 Å². The van der Waals surface area contributed by atoms with E-state index in [1.807, 2.05) is 18.2 Å². The smallest absolute Gasteiger partial charge is 0.122 e. The zero-order valence-corrected chi connectivity index (χ0v) is 22.8. The number of benzene rings is 3. The molecule has 0 bridgehead atoms. The lowest BCUT2D eigenvalue weighted by Gasteiger charge is -2.36. The number of hydrogen-bond acceptors (Lipinski definition) is 4. The van der Waals surface area contributed by atoms with Crippen molar-refractivity contribution in [2.45, 2.75) is 32.1 Å². The molecule has 0 unspecified atom stereocenters. The van der Waals surface area contributed by atoms with E-state index in [-0.39, 0.29) is 12.4 Å². The quantitative estimate of drug-likeness (QED) is 0.238. The Labute approximate surface area is 227 Å². The average molecular weight is 530 g/mol. The molecule has 0 saturated carbocycles. The fourth-order valence-corrected chi connectivity index (χ4v) is 4.84. The van der Waals surface area contributed by atoms with Gasteiger partial charge in [0, 0.05) is 36.9 Å². The molecule has 0 atom stereocenters. The van der Waals surface area contributed by atoms with Crippen molar-refractivity contribution in [3.05, 3.63) is 88.9 Å². The molecule has 1 aliphatic rings.